The van der Waals surface area contributed by atoms with Crippen molar-refractivity contribution < 1.29 is 9.47 Å². The minimum atomic E-state index is 0.117. The van der Waals surface area contributed by atoms with Crippen molar-refractivity contribution in [3.63, 3.8) is 0 Å². The molecule has 4 heteroatoms. The van der Waals surface area contributed by atoms with Crippen LogP contribution in [0.15, 0.2) is 22.2 Å². The molecule has 0 spiro atoms. The summed E-state index contributed by atoms with van der Waals surface area (Å²) in [5, 5.41) is 3.48. The van der Waals surface area contributed by atoms with Gasteiger partial charge in [-0.05, 0) is 68.2 Å². The molecule has 0 aliphatic rings. The molecule has 0 saturated heterocycles. The summed E-state index contributed by atoms with van der Waals surface area (Å²) < 4.78 is 11.9. The number of rotatable bonds is 6. The lowest BCUT2D eigenvalue weighted by molar-refractivity contribution is 0.310. The van der Waals surface area contributed by atoms with Gasteiger partial charge >= 0.3 is 0 Å². The van der Waals surface area contributed by atoms with Crippen molar-refractivity contribution in [1.82, 2.24) is 5.32 Å². The first-order valence-electron chi connectivity index (χ1n) is 7.19. The SMILES string of the molecule is CCOc1cc(C=C(C)CNC(C)(C)C)cc(Br)c1OC. The third-order valence-corrected chi connectivity index (χ3v) is 3.44. The topological polar surface area (TPSA) is 30.5 Å². The molecule has 3 nitrogen and oxygen atoms in total. The van der Waals surface area contributed by atoms with E-state index in [4.69, 9.17) is 9.47 Å². The Morgan fingerprint density at radius 1 is 1.33 bits per heavy atom. The van der Waals surface area contributed by atoms with E-state index in [1.165, 1.54) is 5.57 Å². The maximum atomic E-state index is 5.65. The summed E-state index contributed by atoms with van der Waals surface area (Å²) in [6.45, 7) is 12.1. The van der Waals surface area contributed by atoms with Crippen molar-refractivity contribution in [2.24, 2.45) is 0 Å². The fourth-order valence-electron chi connectivity index (χ4n) is 1.87. The van der Waals surface area contributed by atoms with Gasteiger partial charge in [-0.2, -0.15) is 0 Å². The molecule has 1 aromatic rings. The lowest BCUT2D eigenvalue weighted by Crippen LogP contribution is -2.36. The molecule has 0 amide bonds. The fraction of sp³-hybridized carbons (Fsp3) is 0.529. The van der Waals surface area contributed by atoms with E-state index in [-0.39, 0.29) is 5.54 Å². The summed E-state index contributed by atoms with van der Waals surface area (Å²) in [5.41, 5.74) is 2.48. The summed E-state index contributed by atoms with van der Waals surface area (Å²) in [6, 6.07) is 4.05. The smallest absolute Gasteiger partial charge is 0.174 e. The highest BCUT2D eigenvalue weighted by Crippen LogP contribution is 2.37. The van der Waals surface area contributed by atoms with Gasteiger partial charge < -0.3 is 14.8 Å². The van der Waals surface area contributed by atoms with Crippen LogP contribution in [-0.4, -0.2) is 25.8 Å². The molecule has 0 radical (unpaired) electrons. The molecule has 0 fully saturated rings. The minimum absolute atomic E-state index is 0.117. The second-order valence-corrected chi connectivity index (χ2v) is 6.92. The van der Waals surface area contributed by atoms with E-state index in [1.54, 1.807) is 7.11 Å². The Hall–Kier alpha value is -1.00. The summed E-state index contributed by atoms with van der Waals surface area (Å²) >= 11 is 3.54. The first-order valence-corrected chi connectivity index (χ1v) is 7.98. The summed E-state index contributed by atoms with van der Waals surface area (Å²) in [7, 11) is 1.65. The first-order chi connectivity index (χ1) is 9.76. The van der Waals surface area contributed by atoms with Gasteiger partial charge in [-0.25, -0.2) is 0 Å². The van der Waals surface area contributed by atoms with Crippen LogP contribution in [0.1, 0.15) is 40.2 Å². The van der Waals surface area contributed by atoms with E-state index in [0.717, 1.165) is 28.1 Å². The zero-order valence-electron chi connectivity index (χ0n) is 13.8. The Labute approximate surface area is 136 Å². The number of hydrogen-bond donors (Lipinski definition) is 1. The van der Waals surface area contributed by atoms with Crippen LogP contribution in [0.2, 0.25) is 0 Å². The van der Waals surface area contributed by atoms with Crippen LogP contribution in [0.25, 0.3) is 6.08 Å². The highest BCUT2D eigenvalue weighted by atomic mass is 79.9. The average molecular weight is 356 g/mol. The maximum Gasteiger partial charge on any atom is 0.174 e. The maximum absolute atomic E-state index is 5.65. The molecule has 1 N–H and O–H groups in total. The second kappa shape index (κ2) is 7.85. The molecule has 0 aliphatic heterocycles. The van der Waals surface area contributed by atoms with Crippen molar-refractivity contribution >= 4 is 22.0 Å². The quantitative estimate of drug-likeness (QED) is 0.805. The van der Waals surface area contributed by atoms with E-state index >= 15 is 0 Å². The van der Waals surface area contributed by atoms with E-state index in [1.807, 2.05) is 19.1 Å². The van der Waals surface area contributed by atoms with Gasteiger partial charge in [0.2, 0.25) is 0 Å². The molecule has 1 rings (SSSR count). The molecule has 0 bridgehead atoms. The van der Waals surface area contributed by atoms with E-state index < -0.39 is 0 Å². The van der Waals surface area contributed by atoms with Crippen LogP contribution in [0.5, 0.6) is 11.5 Å². The first kappa shape index (κ1) is 18.1. The molecule has 0 unspecified atom stereocenters. The third-order valence-electron chi connectivity index (χ3n) is 2.85. The van der Waals surface area contributed by atoms with Gasteiger partial charge in [0.05, 0.1) is 18.2 Å². The van der Waals surface area contributed by atoms with Gasteiger partial charge in [-0.3, -0.25) is 0 Å². The number of nitrogens with one attached hydrogen (secondary N) is 1. The van der Waals surface area contributed by atoms with Crippen LogP contribution in [0, 0.1) is 0 Å². The van der Waals surface area contributed by atoms with Crippen molar-refractivity contribution in [2.45, 2.75) is 40.2 Å². The number of halogens is 1. The standard InChI is InChI=1S/C17H26BrNO2/c1-7-21-15-10-13(9-14(18)16(15)20-6)8-12(2)11-19-17(3,4)5/h8-10,19H,7,11H2,1-6H3. The van der Waals surface area contributed by atoms with Gasteiger partial charge in [0.25, 0.3) is 0 Å². The van der Waals surface area contributed by atoms with Crippen molar-refractivity contribution in [3.05, 3.63) is 27.7 Å². The monoisotopic (exact) mass is 355 g/mol. The predicted molar refractivity (Wildman–Crippen MR) is 93.3 cm³/mol. The average Bonchev–Trinajstić information content (AvgIpc) is 2.36. The van der Waals surface area contributed by atoms with Crippen LogP contribution in [0.3, 0.4) is 0 Å². The zero-order valence-corrected chi connectivity index (χ0v) is 15.4. The second-order valence-electron chi connectivity index (χ2n) is 6.06. The van der Waals surface area contributed by atoms with E-state index in [2.05, 4.69) is 55.0 Å². The molecule has 118 valence electrons. The Bertz CT molecular complexity index is 504. The number of ether oxygens (including phenoxy) is 2. The summed E-state index contributed by atoms with van der Waals surface area (Å²) in [6.07, 6.45) is 2.16. The normalized spacial score (nSPS) is 12.4. The molecular formula is C17H26BrNO2. The number of methoxy groups -OCH3 is 1. The van der Waals surface area contributed by atoms with Crippen LogP contribution in [-0.2, 0) is 0 Å². The fourth-order valence-corrected chi connectivity index (χ4v) is 2.49. The molecule has 1 aromatic carbocycles. The van der Waals surface area contributed by atoms with Crippen LogP contribution >= 0.6 is 15.9 Å². The van der Waals surface area contributed by atoms with Crippen molar-refractivity contribution in [2.75, 3.05) is 20.3 Å². The van der Waals surface area contributed by atoms with E-state index in [9.17, 15) is 0 Å². The lowest BCUT2D eigenvalue weighted by atomic mass is 10.1. The van der Waals surface area contributed by atoms with Crippen molar-refractivity contribution in [1.29, 1.82) is 0 Å². The lowest BCUT2D eigenvalue weighted by Gasteiger charge is -2.20. The van der Waals surface area contributed by atoms with Crippen LogP contribution in [0.4, 0.5) is 0 Å². The van der Waals surface area contributed by atoms with Gasteiger partial charge in [-0.1, -0.05) is 11.6 Å². The number of benzene rings is 1. The van der Waals surface area contributed by atoms with Gasteiger partial charge in [0.1, 0.15) is 0 Å². The zero-order chi connectivity index (χ0) is 16.0. The Balaban J connectivity index is 2.97. The third kappa shape index (κ3) is 6.10. The Morgan fingerprint density at radius 2 is 2.00 bits per heavy atom. The molecule has 0 atom stereocenters. The van der Waals surface area contributed by atoms with Gasteiger partial charge in [-0.15, -0.1) is 0 Å². The van der Waals surface area contributed by atoms with Gasteiger partial charge in [0, 0.05) is 12.1 Å². The molecule has 0 saturated carbocycles. The summed E-state index contributed by atoms with van der Waals surface area (Å²) in [4.78, 5) is 0. The molecule has 0 heterocycles. The number of hydrogen-bond acceptors (Lipinski definition) is 3. The predicted octanol–water partition coefficient (Wildman–Crippen LogP) is 4.65. The minimum Gasteiger partial charge on any atom is -0.492 e. The van der Waals surface area contributed by atoms with E-state index in [0.29, 0.717) is 6.61 Å². The molecule has 21 heavy (non-hydrogen) atoms. The van der Waals surface area contributed by atoms with Gasteiger partial charge in [0.15, 0.2) is 11.5 Å². The highest BCUT2D eigenvalue weighted by molar-refractivity contribution is 9.10. The highest BCUT2D eigenvalue weighted by Gasteiger charge is 2.11. The Kier molecular flexibility index (Phi) is 6.75. The largest absolute Gasteiger partial charge is 0.492 e. The molecule has 0 aromatic heterocycles. The van der Waals surface area contributed by atoms with Crippen molar-refractivity contribution in [3.8, 4) is 11.5 Å². The summed E-state index contributed by atoms with van der Waals surface area (Å²) in [5.74, 6) is 1.50. The van der Waals surface area contributed by atoms with Crippen LogP contribution < -0.4 is 14.8 Å². The Morgan fingerprint density at radius 3 is 2.52 bits per heavy atom. The molecule has 0 aliphatic carbocycles. The molecular weight excluding hydrogens is 330 g/mol.